The maximum absolute atomic E-state index is 11.3. The molecule has 0 rings (SSSR count). The average molecular weight is 225 g/mol. The van der Waals surface area contributed by atoms with Crippen molar-refractivity contribution in [3.63, 3.8) is 0 Å². The van der Waals surface area contributed by atoms with E-state index in [2.05, 4.69) is 12.2 Å². The molecule has 0 aliphatic rings. The first-order valence-electron chi connectivity index (χ1n) is 6.10. The van der Waals surface area contributed by atoms with Gasteiger partial charge in [-0.05, 0) is 19.4 Å². The Hall–Kier alpha value is -1.12. The molecular weight excluding hydrogens is 202 g/mol. The van der Waals surface area contributed by atoms with Crippen molar-refractivity contribution >= 4 is 11.7 Å². The molecule has 92 valence electrons. The van der Waals surface area contributed by atoms with Gasteiger partial charge in [-0.1, -0.05) is 38.7 Å². The minimum Gasteiger partial charge on any atom is -0.353 e. The molecular formula is C13H23NO2. The number of hydrogen-bond donors (Lipinski definition) is 1. The van der Waals surface area contributed by atoms with Gasteiger partial charge in [0, 0.05) is 13.0 Å². The van der Waals surface area contributed by atoms with Gasteiger partial charge in [-0.15, -0.1) is 0 Å². The molecule has 0 unspecified atom stereocenters. The Labute approximate surface area is 98.3 Å². The molecule has 0 saturated heterocycles. The fourth-order valence-electron chi connectivity index (χ4n) is 1.38. The number of hydrogen-bond acceptors (Lipinski definition) is 2. The molecule has 0 spiro atoms. The van der Waals surface area contributed by atoms with Gasteiger partial charge in [0.1, 0.15) is 0 Å². The van der Waals surface area contributed by atoms with Crippen molar-refractivity contribution in [1.82, 2.24) is 5.32 Å². The van der Waals surface area contributed by atoms with Crippen LogP contribution in [0, 0.1) is 0 Å². The Kier molecular flexibility index (Phi) is 9.67. The highest BCUT2D eigenvalue weighted by Gasteiger charge is 1.98. The van der Waals surface area contributed by atoms with Crippen LogP contribution in [-0.2, 0) is 9.59 Å². The predicted molar refractivity (Wildman–Crippen MR) is 66.2 cm³/mol. The van der Waals surface area contributed by atoms with E-state index in [4.69, 9.17) is 0 Å². The molecule has 0 fully saturated rings. The van der Waals surface area contributed by atoms with Crippen molar-refractivity contribution in [2.75, 3.05) is 6.54 Å². The number of ketones is 1. The standard InChI is InChI=1S/C13H23NO2/c1-3-4-5-6-7-10-13(16)14-11-8-9-12(2)15/h8-9H,3-7,10-11H2,1-2H3,(H,14,16)/b9-8+. The van der Waals surface area contributed by atoms with Crippen LogP contribution in [0.15, 0.2) is 12.2 Å². The third-order valence-corrected chi connectivity index (χ3v) is 2.28. The summed E-state index contributed by atoms with van der Waals surface area (Å²) >= 11 is 0. The van der Waals surface area contributed by atoms with E-state index in [1.165, 1.54) is 32.3 Å². The molecule has 3 heteroatoms. The van der Waals surface area contributed by atoms with E-state index in [1.54, 1.807) is 6.08 Å². The fourth-order valence-corrected chi connectivity index (χ4v) is 1.38. The molecule has 0 radical (unpaired) electrons. The van der Waals surface area contributed by atoms with Gasteiger partial charge in [0.05, 0.1) is 0 Å². The zero-order valence-electron chi connectivity index (χ0n) is 10.4. The number of amides is 1. The Balaban J connectivity index is 3.34. The van der Waals surface area contributed by atoms with E-state index < -0.39 is 0 Å². The highest BCUT2D eigenvalue weighted by molar-refractivity contribution is 5.87. The molecule has 0 heterocycles. The number of carbonyl (C=O) groups is 2. The topological polar surface area (TPSA) is 46.2 Å². The zero-order valence-corrected chi connectivity index (χ0v) is 10.4. The van der Waals surface area contributed by atoms with E-state index in [9.17, 15) is 9.59 Å². The molecule has 16 heavy (non-hydrogen) atoms. The monoisotopic (exact) mass is 225 g/mol. The Morgan fingerprint density at radius 2 is 1.81 bits per heavy atom. The lowest BCUT2D eigenvalue weighted by molar-refractivity contribution is -0.121. The van der Waals surface area contributed by atoms with E-state index in [-0.39, 0.29) is 11.7 Å². The van der Waals surface area contributed by atoms with Gasteiger partial charge in [0.25, 0.3) is 0 Å². The minimum atomic E-state index is 0.00816. The second-order valence-corrected chi connectivity index (χ2v) is 3.98. The lowest BCUT2D eigenvalue weighted by atomic mass is 10.1. The van der Waals surface area contributed by atoms with Crippen molar-refractivity contribution in [2.45, 2.75) is 52.4 Å². The van der Waals surface area contributed by atoms with Gasteiger partial charge in [-0.2, -0.15) is 0 Å². The van der Waals surface area contributed by atoms with Crippen LogP contribution in [0.25, 0.3) is 0 Å². The third-order valence-electron chi connectivity index (χ3n) is 2.28. The molecule has 0 bridgehead atoms. The second-order valence-electron chi connectivity index (χ2n) is 3.98. The molecule has 0 atom stereocenters. The van der Waals surface area contributed by atoms with E-state index >= 15 is 0 Å². The lowest BCUT2D eigenvalue weighted by Gasteiger charge is -2.01. The van der Waals surface area contributed by atoms with Crippen molar-refractivity contribution in [1.29, 1.82) is 0 Å². The van der Waals surface area contributed by atoms with Crippen LogP contribution in [0.1, 0.15) is 52.4 Å². The highest BCUT2D eigenvalue weighted by atomic mass is 16.1. The van der Waals surface area contributed by atoms with Gasteiger partial charge < -0.3 is 5.32 Å². The maximum Gasteiger partial charge on any atom is 0.220 e. The van der Waals surface area contributed by atoms with Crippen molar-refractivity contribution in [2.24, 2.45) is 0 Å². The molecule has 1 N–H and O–H groups in total. The zero-order chi connectivity index (χ0) is 12.2. The van der Waals surface area contributed by atoms with Gasteiger partial charge >= 0.3 is 0 Å². The van der Waals surface area contributed by atoms with Crippen LogP contribution in [0.5, 0.6) is 0 Å². The Morgan fingerprint density at radius 1 is 1.12 bits per heavy atom. The van der Waals surface area contributed by atoms with E-state index in [0.29, 0.717) is 13.0 Å². The molecule has 0 saturated carbocycles. The quantitative estimate of drug-likeness (QED) is 0.484. The molecule has 0 aliphatic carbocycles. The first-order valence-corrected chi connectivity index (χ1v) is 6.10. The summed E-state index contributed by atoms with van der Waals surface area (Å²) in [5.41, 5.74) is 0. The van der Waals surface area contributed by atoms with E-state index in [0.717, 1.165) is 12.8 Å². The largest absolute Gasteiger partial charge is 0.353 e. The summed E-state index contributed by atoms with van der Waals surface area (Å²) in [7, 11) is 0. The summed E-state index contributed by atoms with van der Waals surface area (Å²) in [6, 6.07) is 0. The first kappa shape index (κ1) is 14.9. The first-order chi connectivity index (χ1) is 7.66. The number of unbranched alkanes of at least 4 members (excludes halogenated alkanes) is 4. The van der Waals surface area contributed by atoms with Crippen molar-refractivity contribution in [3.05, 3.63) is 12.2 Å². The van der Waals surface area contributed by atoms with Gasteiger partial charge in [-0.3, -0.25) is 9.59 Å². The number of rotatable bonds is 9. The highest BCUT2D eigenvalue weighted by Crippen LogP contribution is 2.04. The molecule has 1 amide bonds. The van der Waals surface area contributed by atoms with Crippen LogP contribution in [0.4, 0.5) is 0 Å². The molecule has 0 aromatic carbocycles. The van der Waals surface area contributed by atoms with Gasteiger partial charge in [0.15, 0.2) is 5.78 Å². The molecule has 0 aliphatic heterocycles. The SMILES string of the molecule is CCCCCCCC(=O)NC/C=C/C(C)=O. The van der Waals surface area contributed by atoms with Gasteiger partial charge in [0.2, 0.25) is 5.91 Å². The van der Waals surface area contributed by atoms with Crippen molar-refractivity contribution < 1.29 is 9.59 Å². The normalized spacial score (nSPS) is 10.6. The van der Waals surface area contributed by atoms with Crippen LogP contribution in [0.3, 0.4) is 0 Å². The fraction of sp³-hybridized carbons (Fsp3) is 0.692. The summed E-state index contributed by atoms with van der Waals surface area (Å²) in [5.74, 6) is 0.0820. The van der Waals surface area contributed by atoms with Crippen molar-refractivity contribution in [3.8, 4) is 0 Å². The van der Waals surface area contributed by atoms with E-state index in [1.807, 2.05) is 0 Å². The summed E-state index contributed by atoms with van der Waals surface area (Å²) in [6.45, 7) is 4.12. The second kappa shape index (κ2) is 10.4. The number of nitrogens with one attached hydrogen (secondary N) is 1. The molecule has 0 aromatic heterocycles. The van der Waals surface area contributed by atoms with Gasteiger partial charge in [-0.25, -0.2) is 0 Å². The predicted octanol–water partition coefficient (Wildman–Crippen LogP) is 2.61. The van der Waals surface area contributed by atoms with Crippen LogP contribution in [0.2, 0.25) is 0 Å². The third kappa shape index (κ3) is 11.0. The number of allylic oxidation sites excluding steroid dienone is 1. The Morgan fingerprint density at radius 3 is 2.44 bits per heavy atom. The van der Waals surface area contributed by atoms with Crippen LogP contribution < -0.4 is 5.32 Å². The maximum atomic E-state index is 11.3. The molecule has 0 aromatic rings. The van der Waals surface area contributed by atoms with Crippen LogP contribution in [-0.4, -0.2) is 18.2 Å². The van der Waals surface area contributed by atoms with Crippen LogP contribution >= 0.6 is 0 Å². The number of carbonyl (C=O) groups excluding carboxylic acids is 2. The summed E-state index contributed by atoms with van der Waals surface area (Å²) in [4.78, 5) is 21.9. The average Bonchev–Trinajstić information content (AvgIpc) is 2.24. The summed E-state index contributed by atoms with van der Waals surface area (Å²) in [5, 5.41) is 2.75. The summed E-state index contributed by atoms with van der Waals surface area (Å²) < 4.78 is 0. The smallest absolute Gasteiger partial charge is 0.220 e. The Bertz CT molecular complexity index is 234. The summed E-state index contributed by atoms with van der Waals surface area (Å²) in [6.07, 6.45) is 9.53. The molecule has 3 nitrogen and oxygen atoms in total. The lowest BCUT2D eigenvalue weighted by Crippen LogP contribution is -2.22. The minimum absolute atomic E-state index is 0.00816.